The number of unbranched alkanes of at least 4 members (excludes halogenated alkanes) is 1. The number of carbonyl (C=O) groups is 1. The van der Waals surface area contributed by atoms with Crippen LogP contribution in [0.5, 0.6) is 0 Å². The average Bonchev–Trinajstić information content (AvgIpc) is 2.51. The predicted molar refractivity (Wildman–Crippen MR) is 86.8 cm³/mol. The van der Waals surface area contributed by atoms with Crippen molar-refractivity contribution in [3.8, 4) is 0 Å². The van der Waals surface area contributed by atoms with Gasteiger partial charge in [0.2, 0.25) is 5.91 Å². The van der Waals surface area contributed by atoms with Gasteiger partial charge in [-0.25, -0.2) is 8.42 Å². The maximum Gasteiger partial charge on any atom is 0.223 e. The Bertz CT molecular complexity index is 460. The first kappa shape index (κ1) is 20.3. The van der Waals surface area contributed by atoms with E-state index in [9.17, 15) is 17.8 Å². The lowest BCUT2D eigenvalue weighted by Gasteiger charge is -2.41. The van der Waals surface area contributed by atoms with Gasteiger partial charge in [0.15, 0.2) is 0 Å². The summed E-state index contributed by atoms with van der Waals surface area (Å²) in [6.07, 6.45) is 1.91. The van der Waals surface area contributed by atoms with E-state index in [-0.39, 0.29) is 17.6 Å². The molecule has 136 valence electrons. The summed E-state index contributed by atoms with van der Waals surface area (Å²) >= 11 is 0. The zero-order valence-electron chi connectivity index (χ0n) is 14.3. The number of hydrogen-bond acceptors (Lipinski definition) is 5. The number of nitrogens with zero attached hydrogens (tertiary/aromatic N) is 1. The topological polar surface area (TPSA) is 95.5 Å². The Morgan fingerprint density at radius 1 is 1.26 bits per heavy atom. The summed E-state index contributed by atoms with van der Waals surface area (Å²) in [5.41, 5.74) is 0. The maximum atomic E-state index is 11.8. The average molecular weight is 350 g/mol. The molecule has 1 saturated heterocycles. The van der Waals surface area contributed by atoms with Crippen LogP contribution in [0.3, 0.4) is 0 Å². The highest BCUT2D eigenvalue weighted by molar-refractivity contribution is 7.85. The summed E-state index contributed by atoms with van der Waals surface area (Å²) in [5, 5.41) is 2.98. The molecule has 0 bridgehead atoms. The predicted octanol–water partition coefficient (Wildman–Crippen LogP) is 0.321. The van der Waals surface area contributed by atoms with Crippen molar-refractivity contribution in [3.05, 3.63) is 0 Å². The van der Waals surface area contributed by atoms with Gasteiger partial charge in [0.25, 0.3) is 0 Å². The highest BCUT2D eigenvalue weighted by Gasteiger charge is 2.29. The van der Waals surface area contributed by atoms with E-state index in [4.69, 9.17) is 4.74 Å². The van der Waals surface area contributed by atoms with Crippen molar-refractivity contribution in [2.45, 2.75) is 33.1 Å². The fourth-order valence-corrected chi connectivity index (χ4v) is 3.35. The van der Waals surface area contributed by atoms with Gasteiger partial charge in [-0.2, -0.15) is 0 Å². The first-order valence-corrected chi connectivity index (χ1v) is 10.00. The Morgan fingerprint density at radius 3 is 2.48 bits per heavy atom. The van der Waals surface area contributed by atoms with Crippen LogP contribution in [0, 0.1) is 5.92 Å². The number of hydrogen-bond donors (Lipinski definition) is 1. The van der Waals surface area contributed by atoms with Crippen molar-refractivity contribution in [1.29, 1.82) is 0 Å². The van der Waals surface area contributed by atoms with E-state index in [2.05, 4.69) is 5.32 Å². The second-order valence-electron chi connectivity index (χ2n) is 6.42. The molecule has 1 atom stereocenters. The number of quaternary nitrogens is 1. The standard InChI is InChI=1S/C15H30N2O5S/c1-3-14(2)15(18)16-6-8-17(9-11-22-12-10-17)7-4-5-13-23(19,20)21/h14H,3-13H2,1-2H3,(H-,16,18,19,20,21). The largest absolute Gasteiger partial charge is 0.748 e. The summed E-state index contributed by atoms with van der Waals surface area (Å²) in [5.74, 6) is -0.194. The summed E-state index contributed by atoms with van der Waals surface area (Å²) in [7, 11) is -4.13. The fourth-order valence-electron chi connectivity index (χ4n) is 2.79. The van der Waals surface area contributed by atoms with Crippen LogP contribution >= 0.6 is 0 Å². The zero-order valence-corrected chi connectivity index (χ0v) is 15.1. The van der Waals surface area contributed by atoms with Crippen LogP contribution in [-0.4, -0.2) is 75.1 Å². The van der Waals surface area contributed by atoms with E-state index >= 15 is 0 Å². The lowest BCUT2D eigenvalue weighted by atomic mass is 10.1. The molecule has 1 aliphatic rings. The lowest BCUT2D eigenvalue weighted by Crippen LogP contribution is -2.58. The van der Waals surface area contributed by atoms with E-state index in [0.717, 1.165) is 37.1 Å². The molecule has 0 aromatic heterocycles. The molecule has 1 aliphatic heterocycles. The Kier molecular flexibility index (Phi) is 8.46. The molecule has 1 fully saturated rings. The third-order valence-corrected chi connectivity index (χ3v) is 5.43. The first-order chi connectivity index (χ1) is 10.8. The second kappa shape index (κ2) is 9.56. The molecular weight excluding hydrogens is 320 g/mol. The second-order valence-corrected chi connectivity index (χ2v) is 7.94. The molecule has 8 heteroatoms. The van der Waals surface area contributed by atoms with Crippen LogP contribution in [0.25, 0.3) is 0 Å². The number of ether oxygens (including phenoxy) is 1. The van der Waals surface area contributed by atoms with Gasteiger partial charge >= 0.3 is 0 Å². The van der Waals surface area contributed by atoms with Crippen molar-refractivity contribution in [2.24, 2.45) is 5.92 Å². The number of rotatable bonds is 10. The fraction of sp³-hybridized carbons (Fsp3) is 0.933. The number of amides is 1. The van der Waals surface area contributed by atoms with Crippen LogP contribution in [0.15, 0.2) is 0 Å². The van der Waals surface area contributed by atoms with Gasteiger partial charge < -0.3 is 19.1 Å². The third kappa shape index (κ3) is 8.10. The molecule has 1 N–H and O–H groups in total. The summed E-state index contributed by atoms with van der Waals surface area (Å²) in [6, 6.07) is 0. The molecule has 0 spiro atoms. The molecule has 1 unspecified atom stereocenters. The summed E-state index contributed by atoms with van der Waals surface area (Å²) in [6.45, 7) is 9.24. The Hall–Kier alpha value is -0.700. The number of morpholine rings is 1. The number of carbonyl (C=O) groups excluding carboxylic acids is 1. The quantitative estimate of drug-likeness (QED) is 0.348. The van der Waals surface area contributed by atoms with Gasteiger partial charge in [-0.3, -0.25) is 4.79 Å². The van der Waals surface area contributed by atoms with Crippen molar-refractivity contribution in [3.63, 3.8) is 0 Å². The molecule has 0 aromatic carbocycles. The van der Waals surface area contributed by atoms with Gasteiger partial charge in [0.05, 0.1) is 43.0 Å². The van der Waals surface area contributed by atoms with E-state index in [1.807, 2.05) is 13.8 Å². The van der Waals surface area contributed by atoms with Crippen LogP contribution in [0.2, 0.25) is 0 Å². The first-order valence-electron chi connectivity index (χ1n) is 8.42. The van der Waals surface area contributed by atoms with Crippen LogP contribution in [0.1, 0.15) is 33.1 Å². The van der Waals surface area contributed by atoms with Crippen molar-refractivity contribution < 1.29 is 27.0 Å². The molecule has 23 heavy (non-hydrogen) atoms. The summed E-state index contributed by atoms with van der Waals surface area (Å²) < 4.78 is 38.3. The molecule has 0 aromatic rings. The van der Waals surface area contributed by atoms with Crippen LogP contribution in [0.4, 0.5) is 0 Å². The van der Waals surface area contributed by atoms with E-state index in [1.165, 1.54) is 0 Å². The van der Waals surface area contributed by atoms with Gasteiger partial charge in [0, 0.05) is 11.7 Å². The van der Waals surface area contributed by atoms with Crippen molar-refractivity contribution in [1.82, 2.24) is 5.32 Å². The Morgan fingerprint density at radius 2 is 1.91 bits per heavy atom. The highest BCUT2D eigenvalue weighted by atomic mass is 32.2. The minimum atomic E-state index is -4.13. The highest BCUT2D eigenvalue weighted by Crippen LogP contribution is 2.13. The SMILES string of the molecule is CCC(C)C(=O)NCC[N+]1(CCCCS(=O)(=O)[O-])CCOCC1. The minimum Gasteiger partial charge on any atom is -0.748 e. The molecule has 0 aliphatic carbocycles. The normalized spacial score (nSPS) is 19.3. The molecule has 7 nitrogen and oxygen atoms in total. The minimum absolute atomic E-state index is 0.0235. The van der Waals surface area contributed by atoms with Gasteiger partial charge in [0.1, 0.15) is 13.1 Å². The Labute approximate surface area is 139 Å². The smallest absolute Gasteiger partial charge is 0.223 e. The van der Waals surface area contributed by atoms with Gasteiger partial charge in [-0.15, -0.1) is 0 Å². The summed E-state index contributed by atoms with van der Waals surface area (Å²) in [4.78, 5) is 11.8. The lowest BCUT2D eigenvalue weighted by molar-refractivity contribution is -0.934. The van der Waals surface area contributed by atoms with E-state index < -0.39 is 10.1 Å². The maximum absolute atomic E-state index is 11.8. The number of nitrogens with one attached hydrogen (secondary N) is 1. The molecule has 1 heterocycles. The van der Waals surface area contributed by atoms with E-state index in [1.54, 1.807) is 0 Å². The van der Waals surface area contributed by atoms with Crippen LogP contribution < -0.4 is 5.32 Å². The molecule has 0 radical (unpaired) electrons. The molecule has 1 amide bonds. The zero-order chi connectivity index (χ0) is 17.3. The molecular formula is C15H30N2O5S. The molecule has 1 rings (SSSR count). The molecule has 0 saturated carbocycles. The Balaban J connectivity index is 2.43. The van der Waals surface area contributed by atoms with Crippen molar-refractivity contribution >= 4 is 16.0 Å². The van der Waals surface area contributed by atoms with Crippen LogP contribution in [-0.2, 0) is 19.6 Å². The van der Waals surface area contributed by atoms with Gasteiger partial charge in [-0.05, 0) is 19.3 Å². The van der Waals surface area contributed by atoms with Crippen molar-refractivity contribution in [2.75, 3.05) is 51.7 Å². The van der Waals surface area contributed by atoms with E-state index in [0.29, 0.717) is 32.6 Å². The van der Waals surface area contributed by atoms with Gasteiger partial charge in [-0.1, -0.05) is 13.8 Å². The monoisotopic (exact) mass is 350 g/mol. The third-order valence-electron chi connectivity index (χ3n) is 4.64.